The second-order valence-electron chi connectivity index (χ2n) is 7.66. The van der Waals surface area contributed by atoms with Gasteiger partial charge < -0.3 is 4.90 Å². The standard InChI is InChI=1S/C24H13BrClN5O2S/c25-15-3-6-18-17(11-15)19(22(32)30(18)12-13-1-4-16(26)5-2-13)20-23(33)31-24(34-20)28-21(29-31)14-7-9-27-10-8-14/h1-11H,12H2/b20-19-. The number of fused-ring (bicyclic) bond motifs is 2. The maximum atomic E-state index is 13.6. The zero-order valence-corrected chi connectivity index (χ0v) is 20.4. The minimum absolute atomic E-state index is 0.237. The van der Waals surface area contributed by atoms with E-state index in [2.05, 4.69) is 31.0 Å². The molecule has 0 N–H and O–H groups in total. The maximum absolute atomic E-state index is 13.6. The smallest absolute Gasteiger partial charge is 0.291 e. The van der Waals surface area contributed by atoms with E-state index in [9.17, 15) is 9.59 Å². The molecule has 0 radical (unpaired) electrons. The van der Waals surface area contributed by atoms with Gasteiger partial charge in [0.2, 0.25) is 4.96 Å². The monoisotopic (exact) mass is 549 g/mol. The van der Waals surface area contributed by atoms with E-state index in [1.807, 2.05) is 30.3 Å². The summed E-state index contributed by atoms with van der Waals surface area (Å²) in [5, 5.41) is 5.01. The number of carbonyl (C=O) groups excluding carboxylic acids is 1. The number of carbonyl (C=O) groups is 1. The van der Waals surface area contributed by atoms with Crippen molar-refractivity contribution in [2.75, 3.05) is 4.90 Å². The van der Waals surface area contributed by atoms with Crippen LogP contribution >= 0.6 is 38.9 Å². The summed E-state index contributed by atoms with van der Waals surface area (Å²) in [5.41, 5.74) is 3.13. The summed E-state index contributed by atoms with van der Waals surface area (Å²) in [7, 11) is 0. The summed E-state index contributed by atoms with van der Waals surface area (Å²) < 4.78 is 2.39. The number of anilines is 1. The Kier molecular flexibility index (Phi) is 5.05. The van der Waals surface area contributed by atoms with Crippen LogP contribution in [0.5, 0.6) is 0 Å². The van der Waals surface area contributed by atoms with Crippen molar-refractivity contribution >= 4 is 61.0 Å². The first-order chi connectivity index (χ1) is 16.5. The molecule has 0 spiro atoms. The van der Waals surface area contributed by atoms with Crippen LogP contribution < -0.4 is 15.0 Å². The molecule has 166 valence electrons. The first-order valence-corrected chi connectivity index (χ1v) is 12.2. The zero-order chi connectivity index (χ0) is 23.4. The van der Waals surface area contributed by atoms with Crippen LogP contribution in [0.1, 0.15) is 11.1 Å². The molecule has 0 atom stereocenters. The molecule has 0 saturated carbocycles. The molecule has 6 rings (SSSR count). The molecule has 10 heteroatoms. The molecule has 34 heavy (non-hydrogen) atoms. The van der Waals surface area contributed by atoms with E-state index in [1.54, 1.807) is 41.6 Å². The fourth-order valence-corrected chi connectivity index (χ4v) is 5.45. The lowest BCUT2D eigenvalue weighted by atomic mass is 10.1. The van der Waals surface area contributed by atoms with Crippen molar-refractivity contribution in [1.29, 1.82) is 0 Å². The van der Waals surface area contributed by atoms with E-state index < -0.39 is 0 Å². The molecule has 3 aromatic heterocycles. The van der Waals surface area contributed by atoms with Gasteiger partial charge in [0.1, 0.15) is 4.53 Å². The Balaban J connectivity index is 1.51. The van der Waals surface area contributed by atoms with Crippen molar-refractivity contribution < 1.29 is 4.79 Å². The van der Waals surface area contributed by atoms with Crippen LogP contribution in [-0.2, 0) is 11.3 Å². The highest BCUT2D eigenvalue weighted by Crippen LogP contribution is 2.38. The molecule has 1 amide bonds. The number of aromatic nitrogens is 4. The summed E-state index contributed by atoms with van der Waals surface area (Å²) in [5.74, 6) is 0.201. The normalized spacial score (nSPS) is 14.8. The van der Waals surface area contributed by atoms with Gasteiger partial charge in [0, 0.05) is 33.0 Å². The van der Waals surface area contributed by atoms with Crippen LogP contribution in [0.25, 0.3) is 21.9 Å². The topological polar surface area (TPSA) is 80.5 Å². The highest BCUT2D eigenvalue weighted by Gasteiger charge is 2.34. The fourth-order valence-electron chi connectivity index (χ4n) is 3.96. The number of pyridine rings is 1. The molecule has 0 bridgehead atoms. The first kappa shape index (κ1) is 21.2. The highest BCUT2D eigenvalue weighted by atomic mass is 79.9. The lowest BCUT2D eigenvalue weighted by molar-refractivity contribution is -0.113. The lowest BCUT2D eigenvalue weighted by Crippen LogP contribution is -2.32. The molecule has 0 saturated heterocycles. The number of hydrogen-bond donors (Lipinski definition) is 0. The van der Waals surface area contributed by atoms with Crippen LogP contribution in [0, 0.1) is 0 Å². The van der Waals surface area contributed by atoms with Crippen LogP contribution in [0.3, 0.4) is 0 Å². The van der Waals surface area contributed by atoms with Crippen molar-refractivity contribution in [3.05, 3.63) is 102 Å². The molecule has 2 aromatic carbocycles. The van der Waals surface area contributed by atoms with E-state index in [0.29, 0.717) is 38.0 Å². The average molecular weight is 551 g/mol. The molecule has 7 nitrogen and oxygen atoms in total. The highest BCUT2D eigenvalue weighted by molar-refractivity contribution is 9.10. The van der Waals surface area contributed by atoms with Gasteiger partial charge in [-0.1, -0.05) is 51.0 Å². The molecule has 0 fully saturated rings. The Morgan fingerprint density at radius 2 is 1.76 bits per heavy atom. The molecular weight excluding hydrogens is 538 g/mol. The summed E-state index contributed by atoms with van der Waals surface area (Å²) in [4.78, 5) is 37.6. The van der Waals surface area contributed by atoms with Crippen LogP contribution in [0.2, 0.25) is 5.02 Å². The Hall–Kier alpha value is -3.40. The second kappa shape index (κ2) is 8.12. The van der Waals surface area contributed by atoms with E-state index >= 15 is 0 Å². The number of halogens is 2. The van der Waals surface area contributed by atoms with Gasteiger partial charge in [0.05, 0.1) is 17.8 Å². The van der Waals surface area contributed by atoms with Gasteiger partial charge in [0.15, 0.2) is 5.82 Å². The van der Waals surface area contributed by atoms with Crippen molar-refractivity contribution in [1.82, 2.24) is 19.6 Å². The van der Waals surface area contributed by atoms with E-state index in [4.69, 9.17) is 11.6 Å². The zero-order valence-electron chi connectivity index (χ0n) is 17.3. The van der Waals surface area contributed by atoms with Gasteiger partial charge in [-0.2, -0.15) is 9.50 Å². The van der Waals surface area contributed by atoms with Crippen molar-refractivity contribution in [2.24, 2.45) is 0 Å². The van der Waals surface area contributed by atoms with E-state index in [0.717, 1.165) is 32.6 Å². The predicted molar refractivity (Wildman–Crippen MR) is 135 cm³/mol. The molecule has 4 heterocycles. The molecule has 1 aliphatic heterocycles. The van der Waals surface area contributed by atoms with Gasteiger partial charge in [0.25, 0.3) is 11.5 Å². The van der Waals surface area contributed by atoms with Gasteiger partial charge in [-0.15, -0.1) is 5.10 Å². The first-order valence-electron chi connectivity index (χ1n) is 10.2. The van der Waals surface area contributed by atoms with Gasteiger partial charge >= 0.3 is 0 Å². The average Bonchev–Trinajstić information content (AvgIpc) is 3.47. The molecule has 0 aliphatic carbocycles. The van der Waals surface area contributed by atoms with Gasteiger partial charge in [-0.3, -0.25) is 14.6 Å². The maximum Gasteiger partial charge on any atom is 0.291 e. The van der Waals surface area contributed by atoms with Crippen LogP contribution in [0.15, 0.2) is 76.3 Å². The summed E-state index contributed by atoms with van der Waals surface area (Å²) in [6, 6.07) is 16.5. The van der Waals surface area contributed by atoms with Crippen molar-refractivity contribution in [3.63, 3.8) is 0 Å². The third-order valence-corrected chi connectivity index (χ3v) is 7.33. The molecule has 5 aromatic rings. The Morgan fingerprint density at radius 1 is 1.00 bits per heavy atom. The van der Waals surface area contributed by atoms with Crippen molar-refractivity contribution in [3.8, 4) is 11.4 Å². The largest absolute Gasteiger partial charge is 0.303 e. The third-order valence-electron chi connectivity index (χ3n) is 5.55. The number of rotatable bonds is 3. The SMILES string of the molecule is O=C1/C(=c2\sc3nc(-c4ccncc4)nn3c2=O)c2cc(Br)ccc2N1Cc1ccc(Cl)cc1. The second-order valence-corrected chi connectivity index (χ2v) is 9.99. The van der Waals surface area contributed by atoms with Crippen LogP contribution in [-0.4, -0.2) is 25.5 Å². The van der Waals surface area contributed by atoms with Gasteiger partial charge in [-0.05, 0) is 48.0 Å². The molecule has 1 aliphatic rings. The predicted octanol–water partition coefficient (Wildman–Crippen LogP) is 4.09. The summed E-state index contributed by atoms with van der Waals surface area (Å²) in [6.07, 6.45) is 3.29. The quantitative estimate of drug-likeness (QED) is 0.338. The lowest BCUT2D eigenvalue weighted by Gasteiger charge is -2.17. The van der Waals surface area contributed by atoms with Crippen LogP contribution in [0.4, 0.5) is 5.69 Å². The van der Waals surface area contributed by atoms with Gasteiger partial charge in [-0.25, -0.2) is 0 Å². The summed E-state index contributed by atoms with van der Waals surface area (Å²) >= 11 is 10.7. The third kappa shape index (κ3) is 3.44. The number of benzene rings is 2. The number of amides is 1. The number of thiazole rings is 1. The van der Waals surface area contributed by atoms with E-state index in [1.165, 1.54) is 4.52 Å². The molecular formula is C24H13BrClN5O2S. The van der Waals surface area contributed by atoms with E-state index in [-0.39, 0.29) is 11.5 Å². The summed E-state index contributed by atoms with van der Waals surface area (Å²) in [6.45, 7) is 0.356. The Bertz CT molecular complexity index is 1700. The minimum Gasteiger partial charge on any atom is -0.303 e. The number of nitrogens with zero attached hydrogens (tertiary/aromatic N) is 5. The minimum atomic E-state index is -0.365. The van der Waals surface area contributed by atoms with Crippen molar-refractivity contribution in [2.45, 2.75) is 6.54 Å². The number of hydrogen-bond acceptors (Lipinski definition) is 6. The Labute approximate surface area is 210 Å². The Morgan fingerprint density at radius 3 is 2.50 bits per heavy atom. The molecule has 0 unspecified atom stereocenters. The fraction of sp³-hybridized carbons (Fsp3) is 0.0417.